The Hall–Kier alpha value is -0.840. The molecular formula is C14H22BrN3O. The third-order valence-electron chi connectivity index (χ3n) is 3.52. The van der Waals surface area contributed by atoms with E-state index in [1.54, 1.807) is 6.33 Å². The molecule has 106 valence electrons. The molecule has 0 bridgehead atoms. The van der Waals surface area contributed by atoms with Gasteiger partial charge in [0.2, 0.25) is 5.88 Å². The monoisotopic (exact) mass is 327 g/mol. The van der Waals surface area contributed by atoms with Crippen molar-refractivity contribution < 1.29 is 4.74 Å². The molecule has 1 aliphatic rings. The average Bonchev–Trinajstić information content (AvgIpc) is 2.33. The van der Waals surface area contributed by atoms with E-state index >= 15 is 0 Å². The van der Waals surface area contributed by atoms with Gasteiger partial charge in [0.05, 0.1) is 0 Å². The van der Waals surface area contributed by atoms with Crippen molar-refractivity contribution in [3.63, 3.8) is 0 Å². The van der Waals surface area contributed by atoms with Gasteiger partial charge in [-0.2, -0.15) is 0 Å². The van der Waals surface area contributed by atoms with Gasteiger partial charge < -0.3 is 10.1 Å². The van der Waals surface area contributed by atoms with Crippen molar-refractivity contribution >= 4 is 21.7 Å². The fourth-order valence-corrected chi connectivity index (χ4v) is 3.29. The molecule has 0 aromatic carbocycles. The topological polar surface area (TPSA) is 47.0 Å². The molecular weight excluding hydrogens is 306 g/mol. The highest BCUT2D eigenvalue weighted by Gasteiger charge is 2.26. The average molecular weight is 328 g/mol. The first-order chi connectivity index (χ1) is 9.10. The van der Waals surface area contributed by atoms with Crippen LogP contribution in [-0.4, -0.2) is 22.6 Å². The summed E-state index contributed by atoms with van der Waals surface area (Å²) in [5, 5.41) is 3.19. The summed E-state index contributed by atoms with van der Waals surface area (Å²) in [6, 6.07) is 0. The summed E-state index contributed by atoms with van der Waals surface area (Å²) in [4.78, 5) is 8.45. The lowest BCUT2D eigenvalue weighted by atomic mass is 9.82. The van der Waals surface area contributed by atoms with Crippen LogP contribution in [0.1, 0.15) is 40.0 Å². The van der Waals surface area contributed by atoms with Crippen LogP contribution in [0.4, 0.5) is 5.82 Å². The van der Waals surface area contributed by atoms with Crippen molar-refractivity contribution in [3.8, 4) is 5.88 Å². The predicted octanol–water partition coefficient (Wildman–Crippen LogP) is 3.87. The molecule has 5 heteroatoms. The Balaban J connectivity index is 2.08. The summed E-state index contributed by atoms with van der Waals surface area (Å²) in [5.41, 5.74) is 0. The maximum atomic E-state index is 6.08. The maximum Gasteiger partial charge on any atom is 0.233 e. The van der Waals surface area contributed by atoms with E-state index in [4.69, 9.17) is 4.74 Å². The van der Waals surface area contributed by atoms with Gasteiger partial charge in [-0.3, -0.25) is 0 Å². The van der Waals surface area contributed by atoms with Gasteiger partial charge >= 0.3 is 0 Å². The van der Waals surface area contributed by atoms with Crippen molar-refractivity contribution in [2.75, 3.05) is 11.9 Å². The molecule has 1 heterocycles. The van der Waals surface area contributed by atoms with E-state index in [0.717, 1.165) is 41.5 Å². The van der Waals surface area contributed by atoms with E-state index in [2.05, 4.69) is 45.1 Å². The van der Waals surface area contributed by atoms with Crippen LogP contribution < -0.4 is 10.1 Å². The molecule has 2 atom stereocenters. The second-order valence-corrected chi connectivity index (χ2v) is 6.32. The zero-order chi connectivity index (χ0) is 13.8. The third kappa shape index (κ3) is 3.81. The minimum Gasteiger partial charge on any atom is -0.473 e. The van der Waals surface area contributed by atoms with E-state index < -0.39 is 0 Å². The van der Waals surface area contributed by atoms with Crippen LogP contribution >= 0.6 is 15.9 Å². The molecule has 2 rings (SSSR count). The van der Waals surface area contributed by atoms with E-state index in [-0.39, 0.29) is 6.10 Å². The summed E-state index contributed by atoms with van der Waals surface area (Å²) in [6.07, 6.45) is 5.33. The molecule has 0 spiro atoms. The van der Waals surface area contributed by atoms with Gasteiger partial charge in [0, 0.05) is 6.54 Å². The van der Waals surface area contributed by atoms with Crippen LogP contribution in [0.3, 0.4) is 0 Å². The first-order valence-electron chi connectivity index (χ1n) is 7.01. The van der Waals surface area contributed by atoms with Crippen molar-refractivity contribution in [2.45, 2.75) is 46.1 Å². The Morgan fingerprint density at radius 2 is 1.95 bits per heavy atom. The molecule has 0 amide bonds. The van der Waals surface area contributed by atoms with Gasteiger partial charge in [-0.05, 0) is 54.0 Å². The van der Waals surface area contributed by atoms with Crippen LogP contribution in [-0.2, 0) is 0 Å². The number of hydrogen-bond donors (Lipinski definition) is 1. The van der Waals surface area contributed by atoms with Crippen LogP contribution in [0.5, 0.6) is 5.88 Å². The molecule has 1 aromatic heterocycles. The maximum absolute atomic E-state index is 6.08. The Kier molecular flexibility index (Phi) is 5.02. The summed E-state index contributed by atoms with van der Waals surface area (Å²) in [7, 11) is 0. The van der Waals surface area contributed by atoms with Gasteiger partial charge in [-0.15, -0.1) is 0 Å². The minimum absolute atomic E-state index is 0.263. The Morgan fingerprint density at radius 3 is 2.58 bits per heavy atom. The molecule has 4 nitrogen and oxygen atoms in total. The number of halogens is 1. The predicted molar refractivity (Wildman–Crippen MR) is 80.5 cm³/mol. The van der Waals surface area contributed by atoms with Gasteiger partial charge in [-0.1, -0.05) is 13.8 Å². The lowest BCUT2D eigenvalue weighted by molar-refractivity contribution is 0.0958. The highest BCUT2D eigenvalue weighted by atomic mass is 79.9. The molecule has 1 aliphatic carbocycles. The molecule has 2 unspecified atom stereocenters. The first-order valence-corrected chi connectivity index (χ1v) is 7.80. The van der Waals surface area contributed by atoms with Crippen LogP contribution in [0.2, 0.25) is 0 Å². The minimum atomic E-state index is 0.263. The third-order valence-corrected chi connectivity index (χ3v) is 4.23. The summed E-state index contributed by atoms with van der Waals surface area (Å²) < 4.78 is 6.90. The Labute approximate surface area is 123 Å². The summed E-state index contributed by atoms with van der Waals surface area (Å²) >= 11 is 3.53. The molecule has 1 aromatic rings. The number of nitrogens with zero attached hydrogens (tertiary/aromatic N) is 2. The smallest absolute Gasteiger partial charge is 0.233 e. The van der Waals surface area contributed by atoms with Gasteiger partial charge in [0.15, 0.2) is 0 Å². The molecule has 0 radical (unpaired) electrons. The Morgan fingerprint density at radius 1 is 1.26 bits per heavy atom. The standard InChI is InChI=1S/C14H22BrN3O/c1-4-16-13-12(15)14(18-8-17-13)19-11-6-9(2)5-10(3)7-11/h8-11H,4-7H2,1-3H3,(H,16,17,18). The van der Waals surface area contributed by atoms with Crippen LogP contribution in [0.15, 0.2) is 10.8 Å². The van der Waals surface area contributed by atoms with Crippen molar-refractivity contribution in [1.82, 2.24) is 9.97 Å². The molecule has 19 heavy (non-hydrogen) atoms. The molecule has 1 N–H and O–H groups in total. The molecule has 1 fully saturated rings. The molecule has 0 aliphatic heterocycles. The highest BCUT2D eigenvalue weighted by molar-refractivity contribution is 9.10. The van der Waals surface area contributed by atoms with Gasteiger partial charge in [-0.25, -0.2) is 9.97 Å². The normalized spacial score (nSPS) is 27.1. The second kappa shape index (κ2) is 6.55. The van der Waals surface area contributed by atoms with Gasteiger partial charge in [0.1, 0.15) is 22.7 Å². The molecule has 1 saturated carbocycles. The van der Waals surface area contributed by atoms with E-state index in [1.165, 1.54) is 6.42 Å². The van der Waals surface area contributed by atoms with Gasteiger partial charge in [0.25, 0.3) is 0 Å². The number of rotatable bonds is 4. The number of aromatic nitrogens is 2. The summed E-state index contributed by atoms with van der Waals surface area (Å²) in [5.74, 6) is 2.90. The number of anilines is 1. The zero-order valence-corrected chi connectivity index (χ0v) is 13.4. The number of hydrogen-bond acceptors (Lipinski definition) is 4. The number of nitrogens with one attached hydrogen (secondary N) is 1. The van der Waals surface area contributed by atoms with Crippen LogP contribution in [0.25, 0.3) is 0 Å². The Bertz CT molecular complexity index is 417. The largest absolute Gasteiger partial charge is 0.473 e. The molecule has 0 saturated heterocycles. The summed E-state index contributed by atoms with van der Waals surface area (Å²) in [6.45, 7) is 7.46. The van der Waals surface area contributed by atoms with Crippen LogP contribution in [0, 0.1) is 11.8 Å². The van der Waals surface area contributed by atoms with Crippen molar-refractivity contribution in [3.05, 3.63) is 10.8 Å². The van der Waals surface area contributed by atoms with Crippen molar-refractivity contribution in [1.29, 1.82) is 0 Å². The van der Waals surface area contributed by atoms with E-state index in [0.29, 0.717) is 5.88 Å². The van der Waals surface area contributed by atoms with Crippen molar-refractivity contribution in [2.24, 2.45) is 11.8 Å². The second-order valence-electron chi connectivity index (χ2n) is 5.53. The van der Waals surface area contributed by atoms with E-state index in [1.807, 2.05) is 6.92 Å². The fourth-order valence-electron chi connectivity index (χ4n) is 2.85. The van der Waals surface area contributed by atoms with E-state index in [9.17, 15) is 0 Å². The first kappa shape index (κ1) is 14.6. The number of ether oxygens (including phenoxy) is 1. The lowest BCUT2D eigenvalue weighted by Crippen LogP contribution is -2.29. The lowest BCUT2D eigenvalue weighted by Gasteiger charge is -2.31. The SMILES string of the molecule is CCNc1ncnc(OC2CC(C)CC(C)C2)c1Br. The quantitative estimate of drug-likeness (QED) is 0.911. The fraction of sp³-hybridized carbons (Fsp3) is 0.714. The highest BCUT2D eigenvalue weighted by Crippen LogP contribution is 2.34. The zero-order valence-electron chi connectivity index (χ0n) is 11.8.